The van der Waals surface area contributed by atoms with Gasteiger partial charge in [0, 0.05) is 32.1 Å². The number of aromatic nitrogens is 3. The van der Waals surface area contributed by atoms with Gasteiger partial charge in [-0.3, -0.25) is 9.59 Å². The highest BCUT2D eigenvalue weighted by Gasteiger charge is 2.29. The van der Waals surface area contributed by atoms with E-state index in [2.05, 4.69) is 15.6 Å². The zero-order valence-electron chi connectivity index (χ0n) is 15.4. The van der Waals surface area contributed by atoms with Crippen LogP contribution in [0.15, 0.2) is 36.5 Å². The van der Waals surface area contributed by atoms with Crippen LogP contribution in [0.1, 0.15) is 41.7 Å². The summed E-state index contributed by atoms with van der Waals surface area (Å²) in [6.45, 7) is 2.01. The van der Waals surface area contributed by atoms with E-state index in [1.807, 2.05) is 35.2 Å². The summed E-state index contributed by atoms with van der Waals surface area (Å²) in [6.07, 6.45) is 4.86. The Bertz CT molecular complexity index is 761. The fourth-order valence-corrected chi connectivity index (χ4v) is 3.32. The van der Waals surface area contributed by atoms with Gasteiger partial charge in [-0.05, 0) is 24.8 Å². The lowest BCUT2D eigenvalue weighted by Crippen LogP contribution is -2.49. The number of carbonyl (C=O) groups is 2. The molecule has 1 aromatic carbocycles. The van der Waals surface area contributed by atoms with Gasteiger partial charge in [0.15, 0.2) is 5.69 Å². The first kappa shape index (κ1) is 19.0. The first-order chi connectivity index (χ1) is 13.2. The molecule has 0 spiro atoms. The molecule has 144 valence electrons. The molecule has 3 rings (SSSR count). The summed E-state index contributed by atoms with van der Waals surface area (Å²) >= 11 is 0. The number of piperidine rings is 1. The number of carbonyl (C=O) groups excluding carboxylic acids is 2. The highest BCUT2D eigenvalue weighted by atomic mass is 16.2. The van der Waals surface area contributed by atoms with E-state index in [0.717, 1.165) is 24.8 Å². The van der Waals surface area contributed by atoms with Gasteiger partial charge < -0.3 is 16.0 Å². The summed E-state index contributed by atoms with van der Waals surface area (Å²) in [7, 11) is 0. The Balaban J connectivity index is 1.63. The molecule has 27 heavy (non-hydrogen) atoms. The molecule has 8 heteroatoms. The summed E-state index contributed by atoms with van der Waals surface area (Å²) in [4.78, 5) is 26.4. The van der Waals surface area contributed by atoms with Crippen molar-refractivity contribution in [3.63, 3.8) is 0 Å². The zero-order valence-corrected chi connectivity index (χ0v) is 15.4. The average molecular weight is 370 g/mol. The predicted molar refractivity (Wildman–Crippen MR) is 101 cm³/mol. The SMILES string of the molecule is NCCC(=O)NCC1CCCCN1C(=O)c1cn(Cc2ccccc2)nn1. The first-order valence-electron chi connectivity index (χ1n) is 9.39. The molecule has 1 aliphatic heterocycles. The van der Waals surface area contributed by atoms with Crippen LogP contribution < -0.4 is 11.1 Å². The molecule has 8 nitrogen and oxygen atoms in total. The van der Waals surface area contributed by atoms with Crippen molar-refractivity contribution in [2.24, 2.45) is 5.73 Å². The van der Waals surface area contributed by atoms with Crippen LogP contribution in [-0.2, 0) is 11.3 Å². The highest BCUT2D eigenvalue weighted by Crippen LogP contribution is 2.19. The molecule has 2 amide bonds. The van der Waals surface area contributed by atoms with E-state index in [0.29, 0.717) is 38.3 Å². The molecule has 2 heterocycles. The second kappa shape index (κ2) is 9.27. The van der Waals surface area contributed by atoms with Gasteiger partial charge in [0.25, 0.3) is 5.91 Å². The summed E-state index contributed by atoms with van der Waals surface area (Å²) in [5.74, 6) is -0.212. The van der Waals surface area contributed by atoms with Crippen molar-refractivity contribution in [1.82, 2.24) is 25.2 Å². The number of nitrogens with zero attached hydrogens (tertiary/aromatic N) is 4. The van der Waals surface area contributed by atoms with Crippen molar-refractivity contribution >= 4 is 11.8 Å². The van der Waals surface area contributed by atoms with Crippen LogP contribution in [0.5, 0.6) is 0 Å². The van der Waals surface area contributed by atoms with E-state index in [4.69, 9.17) is 5.73 Å². The molecule has 3 N–H and O–H groups in total. The number of nitrogens with two attached hydrogens (primary N) is 1. The van der Waals surface area contributed by atoms with Gasteiger partial charge in [-0.25, -0.2) is 4.68 Å². The molecule has 1 aromatic heterocycles. The van der Waals surface area contributed by atoms with E-state index in [9.17, 15) is 9.59 Å². The Hall–Kier alpha value is -2.74. The van der Waals surface area contributed by atoms with Crippen molar-refractivity contribution in [1.29, 1.82) is 0 Å². The molecule has 1 unspecified atom stereocenters. The largest absolute Gasteiger partial charge is 0.354 e. The second-order valence-corrected chi connectivity index (χ2v) is 6.78. The highest BCUT2D eigenvalue weighted by molar-refractivity contribution is 5.92. The molecular weight excluding hydrogens is 344 g/mol. The van der Waals surface area contributed by atoms with Crippen LogP contribution in [0.2, 0.25) is 0 Å². The predicted octanol–water partition coefficient (Wildman–Crippen LogP) is 0.786. The minimum absolute atomic E-state index is 0.0211. The van der Waals surface area contributed by atoms with E-state index < -0.39 is 0 Å². The van der Waals surface area contributed by atoms with Gasteiger partial charge in [0.1, 0.15) is 0 Å². The Morgan fingerprint density at radius 1 is 1.22 bits per heavy atom. The van der Waals surface area contributed by atoms with Crippen molar-refractivity contribution in [3.8, 4) is 0 Å². The standard InChI is InChI=1S/C19H26N6O2/c20-10-9-18(26)21-12-16-8-4-5-11-25(16)19(27)17-14-24(23-22-17)13-15-6-2-1-3-7-15/h1-3,6-7,14,16H,4-5,8-13,20H2,(H,21,26). The van der Waals surface area contributed by atoms with Crippen LogP contribution in [0.4, 0.5) is 0 Å². The van der Waals surface area contributed by atoms with E-state index >= 15 is 0 Å². The number of amides is 2. The van der Waals surface area contributed by atoms with Crippen LogP contribution in [0.3, 0.4) is 0 Å². The number of rotatable bonds is 7. The average Bonchev–Trinajstić information content (AvgIpc) is 3.15. The quantitative estimate of drug-likeness (QED) is 0.749. The van der Waals surface area contributed by atoms with Crippen LogP contribution in [0, 0.1) is 0 Å². The second-order valence-electron chi connectivity index (χ2n) is 6.78. The first-order valence-corrected chi connectivity index (χ1v) is 9.39. The zero-order chi connectivity index (χ0) is 19.1. The molecule has 0 bridgehead atoms. The maximum absolute atomic E-state index is 12.9. The van der Waals surface area contributed by atoms with Crippen molar-refractivity contribution in [3.05, 3.63) is 47.8 Å². The van der Waals surface area contributed by atoms with Gasteiger partial charge in [-0.1, -0.05) is 35.5 Å². The lowest BCUT2D eigenvalue weighted by Gasteiger charge is -2.35. The summed E-state index contributed by atoms with van der Waals surface area (Å²) in [6, 6.07) is 9.89. The van der Waals surface area contributed by atoms with E-state index in [-0.39, 0.29) is 17.9 Å². The number of benzene rings is 1. The van der Waals surface area contributed by atoms with Gasteiger partial charge in [0.2, 0.25) is 5.91 Å². The summed E-state index contributed by atoms with van der Waals surface area (Å²) in [5, 5.41) is 11.0. The van der Waals surface area contributed by atoms with E-state index in [1.54, 1.807) is 10.9 Å². The Morgan fingerprint density at radius 2 is 2.04 bits per heavy atom. The molecular formula is C19H26N6O2. The number of likely N-dealkylation sites (tertiary alicyclic amines) is 1. The normalized spacial score (nSPS) is 16.9. The molecule has 0 aliphatic carbocycles. The summed E-state index contributed by atoms with van der Waals surface area (Å²) < 4.78 is 1.67. The number of nitrogens with one attached hydrogen (secondary N) is 1. The smallest absolute Gasteiger partial charge is 0.276 e. The van der Waals surface area contributed by atoms with Gasteiger partial charge in [-0.15, -0.1) is 5.10 Å². The van der Waals surface area contributed by atoms with Crippen LogP contribution in [0.25, 0.3) is 0 Å². The third kappa shape index (κ3) is 5.13. The lowest BCUT2D eigenvalue weighted by atomic mass is 10.0. The fraction of sp³-hybridized carbons (Fsp3) is 0.474. The van der Waals surface area contributed by atoms with E-state index in [1.165, 1.54) is 0 Å². The van der Waals surface area contributed by atoms with Crippen molar-refractivity contribution in [2.75, 3.05) is 19.6 Å². The molecule has 0 radical (unpaired) electrons. The maximum atomic E-state index is 12.9. The fourth-order valence-electron chi connectivity index (χ4n) is 3.32. The molecule has 1 atom stereocenters. The Kier molecular flexibility index (Phi) is 6.54. The topological polar surface area (TPSA) is 106 Å². The van der Waals surface area contributed by atoms with Crippen molar-refractivity contribution in [2.45, 2.75) is 38.3 Å². The van der Waals surface area contributed by atoms with Gasteiger partial charge in [-0.2, -0.15) is 0 Å². The monoisotopic (exact) mass is 370 g/mol. The Labute approximate surface area is 158 Å². The molecule has 1 saturated heterocycles. The third-order valence-electron chi connectivity index (χ3n) is 4.74. The number of hydrogen-bond donors (Lipinski definition) is 2. The van der Waals surface area contributed by atoms with Crippen LogP contribution in [-0.4, -0.2) is 57.4 Å². The number of hydrogen-bond acceptors (Lipinski definition) is 5. The lowest BCUT2D eigenvalue weighted by molar-refractivity contribution is -0.121. The molecule has 1 aliphatic rings. The van der Waals surface area contributed by atoms with Gasteiger partial charge >= 0.3 is 0 Å². The van der Waals surface area contributed by atoms with Crippen molar-refractivity contribution < 1.29 is 9.59 Å². The van der Waals surface area contributed by atoms with Gasteiger partial charge in [0.05, 0.1) is 12.7 Å². The van der Waals surface area contributed by atoms with Crippen LogP contribution >= 0.6 is 0 Å². The molecule has 0 saturated carbocycles. The Morgan fingerprint density at radius 3 is 2.81 bits per heavy atom. The summed E-state index contributed by atoms with van der Waals surface area (Å²) in [5.41, 5.74) is 6.84. The minimum Gasteiger partial charge on any atom is -0.354 e. The minimum atomic E-state index is -0.132. The molecule has 1 fully saturated rings. The maximum Gasteiger partial charge on any atom is 0.276 e. The third-order valence-corrected chi connectivity index (χ3v) is 4.74. The molecule has 2 aromatic rings.